The van der Waals surface area contributed by atoms with E-state index in [1.807, 2.05) is 0 Å². The largest absolute Gasteiger partial charge is 0.416 e. The molecule has 0 N–H and O–H groups in total. The minimum absolute atomic E-state index is 0.298. The summed E-state index contributed by atoms with van der Waals surface area (Å²) >= 11 is 3.57. The number of thiol groups is 1. The highest BCUT2D eigenvalue weighted by molar-refractivity contribution is 7.77. The van der Waals surface area contributed by atoms with Gasteiger partial charge in [-0.15, -0.1) is 0 Å². The summed E-state index contributed by atoms with van der Waals surface area (Å²) in [6, 6.07) is 0.779. The predicted molar refractivity (Wildman–Crippen MR) is 57.0 cm³/mol. The van der Waals surface area contributed by atoms with Crippen LogP contribution in [0.5, 0.6) is 0 Å². The zero-order valence-electron chi connectivity index (χ0n) is 9.05. The van der Waals surface area contributed by atoms with Gasteiger partial charge in [-0.25, -0.2) is 4.31 Å². The van der Waals surface area contributed by atoms with E-state index >= 15 is 0 Å². The quantitative estimate of drug-likeness (QED) is 0.634. The molecule has 1 aromatic carbocycles. The molecule has 18 heavy (non-hydrogen) atoms. The second-order valence-electron chi connectivity index (χ2n) is 3.64. The molecule has 0 heterocycles. The average molecular weight is 289 g/mol. The molecule has 0 radical (unpaired) electrons. The number of alkyl halides is 6. The van der Waals surface area contributed by atoms with E-state index in [0.717, 1.165) is 19.2 Å². The first kappa shape index (κ1) is 15.2. The topological polar surface area (TPSA) is 3.24 Å². The molecule has 0 aromatic heterocycles. The van der Waals surface area contributed by atoms with Gasteiger partial charge >= 0.3 is 12.4 Å². The van der Waals surface area contributed by atoms with Crippen LogP contribution in [0.3, 0.4) is 0 Å². The van der Waals surface area contributed by atoms with Crippen LogP contribution in [0.25, 0.3) is 0 Å². The zero-order valence-corrected chi connectivity index (χ0v) is 9.94. The molecular weight excluding hydrogens is 280 g/mol. The third-order valence-electron chi connectivity index (χ3n) is 2.24. The van der Waals surface area contributed by atoms with Crippen LogP contribution in [0, 0.1) is 0 Å². The molecule has 102 valence electrons. The lowest BCUT2D eigenvalue weighted by Crippen LogP contribution is -2.30. The van der Waals surface area contributed by atoms with E-state index in [1.54, 1.807) is 0 Å². The SMILES string of the molecule is CN(S)C(c1ccc(C(F)(F)F)cc1)C(F)(F)F. The highest BCUT2D eigenvalue weighted by atomic mass is 32.1. The number of rotatable bonds is 2. The first-order valence-corrected chi connectivity index (χ1v) is 5.09. The monoisotopic (exact) mass is 289 g/mol. The van der Waals surface area contributed by atoms with Crippen LogP contribution in [0.1, 0.15) is 17.2 Å². The van der Waals surface area contributed by atoms with Gasteiger partial charge in [0.1, 0.15) is 6.04 Å². The Kier molecular flexibility index (Phi) is 4.22. The highest BCUT2D eigenvalue weighted by Crippen LogP contribution is 2.38. The summed E-state index contributed by atoms with van der Waals surface area (Å²) in [5.74, 6) is 0. The third-order valence-corrected chi connectivity index (χ3v) is 2.47. The second kappa shape index (κ2) is 5.00. The van der Waals surface area contributed by atoms with Gasteiger partial charge in [-0.05, 0) is 24.7 Å². The number of hydrogen-bond donors (Lipinski definition) is 1. The molecule has 0 amide bonds. The standard InChI is InChI=1S/C10H9F6NS/c1-17(18)8(10(14,15)16)6-2-4-7(5-3-6)9(11,12)13/h2-5,8,18H,1H3. The van der Waals surface area contributed by atoms with Crippen molar-refractivity contribution in [1.29, 1.82) is 0 Å². The molecule has 1 aromatic rings. The zero-order chi connectivity index (χ0) is 14.1. The van der Waals surface area contributed by atoms with E-state index in [2.05, 4.69) is 12.8 Å². The smallest absolute Gasteiger partial charge is 0.240 e. The highest BCUT2D eigenvalue weighted by Gasteiger charge is 2.43. The van der Waals surface area contributed by atoms with Crippen molar-refractivity contribution in [1.82, 2.24) is 4.31 Å². The Morgan fingerprint density at radius 2 is 1.44 bits per heavy atom. The Hall–Kier alpha value is -0.890. The van der Waals surface area contributed by atoms with Crippen molar-refractivity contribution in [2.75, 3.05) is 7.05 Å². The Morgan fingerprint density at radius 1 is 1.00 bits per heavy atom. The lowest BCUT2D eigenvalue weighted by Gasteiger charge is -2.26. The molecule has 0 aliphatic carbocycles. The molecule has 0 bridgehead atoms. The van der Waals surface area contributed by atoms with Crippen molar-refractivity contribution in [2.24, 2.45) is 0 Å². The average Bonchev–Trinajstić information content (AvgIpc) is 2.13. The number of benzene rings is 1. The van der Waals surface area contributed by atoms with Crippen LogP contribution in [0.15, 0.2) is 24.3 Å². The molecule has 1 nitrogen and oxygen atoms in total. The van der Waals surface area contributed by atoms with Gasteiger partial charge in [-0.2, -0.15) is 26.3 Å². The molecule has 0 saturated heterocycles. The summed E-state index contributed by atoms with van der Waals surface area (Å²) in [4.78, 5) is 0. The van der Waals surface area contributed by atoms with Gasteiger partial charge in [0, 0.05) is 0 Å². The van der Waals surface area contributed by atoms with Gasteiger partial charge < -0.3 is 0 Å². The first-order valence-electron chi connectivity index (χ1n) is 4.69. The van der Waals surface area contributed by atoms with Crippen molar-refractivity contribution < 1.29 is 26.3 Å². The fourth-order valence-electron chi connectivity index (χ4n) is 1.47. The van der Waals surface area contributed by atoms with Gasteiger partial charge in [-0.3, -0.25) is 0 Å². The first-order chi connectivity index (χ1) is 8.03. The third kappa shape index (κ3) is 3.55. The van der Waals surface area contributed by atoms with E-state index < -0.39 is 24.0 Å². The second-order valence-corrected chi connectivity index (χ2v) is 4.27. The van der Waals surface area contributed by atoms with Crippen molar-refractivity contribution in [3.8, 4) is 0 Å². The molecule has 0 saturated carbocycles. The van der Waals surface area contributed by atoms with Crippen LogP contribution < -0.4 is 0 Å². The molecule has 1 unspecified atom stereocenters. The Bertz CT molecular complexity index is 394. The van der Waals surface area contributed by atoms with Gasteiger partial charge in [0.05, 0.1) is 5.56 Å². The number of halogens is 6. The maximum atomic E-state index is 12.7. The summed E-state index contributed by atoms with van der Waals surface area (Å²) in [6.07, 6.45) is -9.19. The number of nitrogens with zero attached hydrogens (tertiary/aromatic N) is 1. The maximum absolute atomic E-state index is 12.7. The molecule has 8 heteroatoms. The van der Waals surface area contributed by atoms with E-state index in [4.69, 9.17) is 0 Å². The maximum Gasteiger partial charge on any atom is 0.416 e. The van der Waals surface area contributed by atoms with Crippen LogP contribution in [-0.2, 0) is 6.18 Å². The van der Waals surface area contributed by atoms with Gasteiger partial charge in [0.25, 0.3) is 0 Å². The Balaban J connectivity index is 3.10. The van der Waals surface area contributed by atoms with Crippen molar-refractivity contribution in [3.63, 3.8) is 0 Å². The Morgan fingerprint density at radius 3 is 1.72 bits per heavy atom. The van der Waals surface area contributed by atoms with Crippen LogP contribution in [0.2, 0.25) is 0 Å². The van der Waals surface area contributed by atoms with Gasteiger partial charge in [0.2, 0.25) is 0 Å². The van der Waals surface area contributed by atoms with E-state index in [0.29, 0.717) is 16.4 Å². The van der Waals surface area contributed by atoms with E-state index in [-0.39, 0.29) is 5.56 Å². The Labute approximate surface area is 105 Å². The summed E-state index contributed by atoms with van der Waals surface area (Å²) in [5.41, 5.74) is -1.29. The summed E-state index contributed by atoms with van der Waals surface area (Å²) in [7, 11) is 1.08. The molecule has 0 aliphatic rings. The van der Waals surface area contributed by atoms with Crippen LogP contribution in [-0.4, -0.2) is 17.5 Å². The van der Waals surface area contributed by atoms with Gasteiger partial charge in [0.15, 0.2) is 0 Å². The van der Waals surface area contributed by atoms with Gasteiger partial charge in [-0.1, -0.05) is 24.9 Å². The van der Waals surface area contributed by atoms with Crippen LogP contribution >= 0.6 is 12.8 Å². The predicted octanol–water partition coefficient (Wildman–Crippen LogP) is 4.09. The fourth-order valence-corrected chi connectivity index (χ4v) is 1.74. The van der Waals surface area contributed by atoms with Crippen molar-refractivity contribution >= 4 is 12.8 Å². The van der Waals surface area contributed by atoms with Crippen molar-refractivity contribution in [3.05, 3.63) is 35.4 Å². The van der Waals surface area contributed by atoms with E-state index in [9.17, 15) is 26.3 Å². The molecule has 0 spiro atoms. The summed E-state index contributed by atoms with van der Waals surface area (Å²) in [6.45, 7) is 0. The molecule has 0 aliphatic heterocycles. The molecule has 0 fully saturated rings. The number of hydrogen-bond acceptors (Lipinski definition) is 2. The lowest BCUT2D eigenvalue weighted by molar-refractivity contribution is -0.169. The van der Waals surface area contributed by atoms with Crippen molar-refractivity contribution in [2.45, 2.75) is 18.4 Å². The van der Waals surface area contributed by atoms with Crippen LogP contribution in [0.4, 0.5) is 26.3 Å². The summed E-state index contributed by atoms with van der Waals surface area (Å²) < 4.78 is 75.4. The lowest BCUT2D eigenvalue weighted by atomic mass is 10.0. The summed E-state index contributed by atoms with van der Waals surface area (Å²) in [5, 5.41) is 0. The molecule has 1 atom stereocenters. The normalized spacial score (nSPS) is 14.9. The minimum atomic E-state index is -4.61. The molecular formula is C10H9F6NS. The molecule has 1 rings (SSSR count). The minimum Gasteiger partial charge on any atom is -0.240 e. The fraction of sp³-hybridized carbons (Fsp3) is 0.400. The van der Waals surface area contributed by atoms with E-state index in [1.165, 1.54) is 0 Å².